The molecule has 2 heterocycles. The molecule has 0 aromatic carbocycles. The first-order chi connectivity index (χ1) is 9.29. The van der Waals surface area contributed by atoms with E-state index in [1.54, 1.807) is 0 Å². The SMILES string of the molecule is CCCNC1CCN(CCC2CCCCO2)CC1C. The number of nitrogens with one attached hydrogen (secondary N) is 1. The van der Waals surface area contributed by atoms with Crippen molar-refractivity contribution in [2.24, 2.45) is 5.92 Å². The van der Waals surface area contributed by atoms with Crippen molar-refractivity contribution < 1.29 is 4.74 Å². The van der Waals surface area contributed by atoms with Crippen LogP contribution in [0, 0.1) is 5.92 Å². The molecule has 0 saturated carbocycles. The Kier molecular flexibility index (Phi) is 6.62. The highest BCUT2D eigenvalue weighted by molar-refractivity contribution is 4.83. The van der Waals surface area contributed by atoms with Crippen LogP contribution in [-0.2, 0) is 4.74 Å². The third kappa shape index (κ3) is 5.05. The van der Waals surface area contributed by atoms with Crippen LogP contribution in [0.15, 0.2) is 0 Å². The molecule has 0 radical (unpaired) electrons. The van der Waals surface area contributed by atoms with Crippen molar-refractivity contribution in [3.8, 4) is 0 Å². The van der Waals surface area contributed by atoms with E-state index in [-0.39, 0.29) is 0 Å². The van der Waals surface area contributed by atoms with Crippen molar-refractivity contribution in [1.82, 2.24) is 10.2 Å². The number of ether oxygens (including phenoxy) is 1. The van der Waals surface area contributed by atoms with Crippen molar-refractivity contribution in [2.45, 2.75) is 64.5 Å². The van der Waals surface area contributed by atoms with Crippen LogP contribution in [0.4, 0.5) is 0 Å². The molecule has 112 valence electrons. The fourth-order valence-corrected chi connectivity index (χ4v) is 3.43. The van der Waals surface area contributed by atoms with Crippen molar-refractivity contribution in [3.05, 3.63) is 0 Å². The lowest BCUT2D eigenvalue weighted by atomic mass is 9.93. The monoisotopic (exact) mass is 268 g/mol. The minimum Gasteiger partial charge on any atom is -0.378 e. The van der Waals surface area contributed by atoms with Gasteiger partial charge in [-0.1, -0.05) is 13.8 Å². The molecule has 0 amide bonds. The Labute approximate surface area is 119 Å². The van der Waals surface area contributed by atoms with Gasteiger partial charge in [0.1, 0.15) is 0 Å². The average Bonchev–Trinajstić information content (AvgIpc) is 2.45. The van der Waals surface area contributed by atoms with Gasteiger partial charge in [-0.2, -0.15) is 0 Å². The summed E-state index contributed by atoms with van der Waals surface area (Å²) in [5, 5.41) is 3.70. The first kappa shape index (κ1) is 15.3. The van der Waals surface area contributed by atoms with E-state index in [1.807, 2.05) is 0 Å². The summed E-state index contributed by atoms with van der Waals surface area (Å²) in [4.78, 5) is 2.65. The number of rotatable bonds is 6. The normalized spacial score (nSPS) is 33.5. The summed E-state index contributed by atoms with van der Waals surface area (Å²) in [5.41, 5.74) is 0. The van der Waals surface area contributed by atoms with Gasteiger partial charge in [-0.15, -0.1) is 0 Å². The van der Waals surface area contributed by atoms with E-state index in [9.17, 15) is 0 Å². The van der Waals surface area contributed by atoms with E-state index in [0.29, 0.717) is 6.10 Å². The predicted octanol–water partition coefficient (Wildman–Crippen LogP) is 2.66. The molecule has 2 rings (SSSR count). The Morgan fingerprint density at radius 2 is 2.16 bits per heavy atom. The third-order valence-corrected chi connectivity index (χ3v) is 4.69. The van der Waals surface area contributed by atoms with Crippen LogP contribution >= 0.6 is 0 Å². The maximum Gasteiger partial charge on any atom is 0.0587 e. The summed E-state index contributed by atoms with van der Waals surface area (Å²) in [6.45, 7) is 10.6. The summed E-state index contributed by atoms with van der Waals surface area (Å²) in [5.74, 6) is 0.785. The zero-order valence-electron chi connectivity index (χ0n) is 12.9. The second-order valence-electron chi connectivity index (χ2n) is 6.40. The molecule has 0 spiro atoms. The smallest absolute Gasteiger partial charge is 0.0587 e. The molecule has 0 aliphatic carbocycles. The molecule has 2 aliphatic rings. The molecule has 0 aromatic rings. The summed E-state index contributed by atoms with van der Waals surface area (Å²) < 4.78 is 5.83. The van der Waals surface area contributed by atoms with Crippen LogP contribution in [0.25, 0.3) is 0 Å². The van der Waals surface area contributed by atoms with Gasteiger partial charge >= 0.3 is 0 Å². The highest BCUT2D eigenvalue weighted by Gasteiger charge is 2.25. The van der Waals surface area contributed by atoms with E-state index in [0.717, 1.165) is 18.6 Å². The zero-order chi connectivity index (χ0) is 13.5. The first-order valence-corrected chi connectivity index (χ1v) is 8.37. The fraction of sp³-hybridized carbons (Fsp3) is 1.00. The lowest BCUT2D eigenvalue weighted by molar-refractivity contribution is 0.00242. The standard InChI is InChI=1S/C16H32N2O/c1-3-9-17-16-8-11-18(13-14(16)2)10-7-15-6-4-5-12-19-15/h14-17H,3-13H2,1-2H3. The van der Waals surface area contributed by atoms with Crippen LogP contribution in [0.5, 0.6) is 0 Å². The van der Waals surface area contributed by atoms with Gasteiger partial charge in [0.15, 0.2) is 0 Å². The van der Waals surface area contributed by atoms with Crippen LogP contribution in [-0.4, -0.2) is 49.8 Å². The quantitative estimate of drug-likeness (QED) is 0.801. The second-order valence-corrected chi connectivity index (χ2v) is 6.40. The number of hydrogen-bond donors (Lipinski definition) is 1. The number of likely N-dealkylation sites (tertiary alicyclic amines) is 1. The van der Waals surface area contributed by atoms with Crippen molar-refractivity contribution in [3.63, 3.8) is 0 Å². The van der Waals surface area contributed by atoms with Gasteiger partial charge in [-0.05, 0) is 57.5 Å². The Morgan fingerprint density at radius 3 is 2.84 bits per heavy atom. The number of piperidine rings is 1. The van der Waals surface area contributed by atoms with Gasteiger partial charge in [0.05, 0.1) is 6.10 Å². The molecule has 0 bridgehead atoms. The molecule has 3 heteroatoms. The molecule has 19 heavy (non-hydrogen) atoms. The van der Waals surface area contributed by atoms with E-state index < -0.39 is 0 Å². The van der Waals surface area contributed by atoms with Gasteiger partial charge in [0.25, 0.3) is 0 Å². The maximum atomic E-state index is 5.83. The lowest BCUT2D eigenvalue weighted by Crippen LogP contribution is -2.49. The van der Waals surface area contributed by atoms with Gasteiger partial charge in [-0.3, -0.25) is 0 Å². The van der Waals surface area contributed by atoms with Crippen LogP contribution in [0.2, 0.25) is 0 Å². The molecular formula is C16H32N2O. The zero-order valence-corrected chi connectivity index (χ0v) is 12.9. The van der Waals surface area contributed by atoms with Gasteiger partial charge in [0, 0.05) is 25.7 Å². The molecule has 1 N–H and O–H groups in total. The van der Waals surface area contributed by atoms with E-state index in [1.165, 1.54) is 64.7 Å². The molecule has 0 aromatic heterocycles. The third-order valence-electron chi connectivity index (χ3n) is 4.69. The van der Waals surface area contributed by atoms with Crippen molar-refractivity contribution in [2.75, 3.05) is 32.8 Å². The predicted molar refractivity (Wildman–Crippen MR) is 80.5 cm³/mol. The lowest BCUT2D eigenvalue weighted by Gasteiger charge is -2.38. The Balaban J connectivity index is 1.63. The average molecular weight is 268 g/mol. The highest BCUT2D eigenvalue weighted by Crippen LogP contribution is 2.20. The summed E-state index contributed by atoms with van der Waals surface area (Å²) in [6, 6.07) is 0.738. The topological polar surface area (TPSA) is 24.5 Å². The van der Waals surface area contributed by atoms with Crippen LogP contribution in [0.1, 0.15) is 52.4 Å². The van der Waals surface area contributed by atoms with Gasteiger partial charge < -0.3 is 15.0 Å². The van der Waals surface area contributed by atoms with Crippen LogP contribution < -0.4 is 5.32 Å². The molecular weight excluding hydrogens is 236 g/mol. The van der Waals surface area contributed by atoms with Crippen molar-refractivity contribution in [1.29, 1.82) is 0 Å². The van der Waals surface area contributed by atoms with E-state index in [4.69, 9.17) is 4.74 Å². The second kappa shape index (κ2) is 8.23. The number of hydrogen-bond acceptors (Lipinski definition) is 3. The first-order valence-electron chi connectivity index (χ1n) is 8.37. The van der Waals surface area contributed by atoms with Crippen LogP contribution in [0.3, 0.4) is 0 Å². The maximum absolute atomic E-state index is 5.83. The minimum absolute atomic E-state index is 0.542. The molecule has 2 aliphatic heterocycles. The van der Waals surface area contributed by atoms with Crippen molar-refractivity contribution >= 4 is 0 Å². The van der Waals surface area contributed by atoms with E-state index in [2.05, 4.69) is 24.1 Å². The van der Waals surface area contributed by atoms with Gasteiger partial charge in [0.2, 0.25) is 0 Å². The molecule has 2 fully saturated rings. The summed E-state index contributed by atoms with van der Waals surface area (Å²) in [7, 11) is 0. The molecule has 3 atom stereocenters. The Hall–Kier alpha value is -0.120. The molecule has 2 saturated heterocycles. The van der Waals surface area contributed by atoms with E-state index >= 15 is 0 Å². The molecule has 3 nitrogen and oxygen atoms in total. The largest absolute Gasteiger partial charge is 0.378 e. The van der Waals surface area contributed by atoms with Gasteiger partial charge in [-0.25, -0.2) is 0 Å². The summed E-state index contributed by atoms with van der Waals surface area (Å²) >= 11 is 0. The Morgan fingerprint density at radius 1 is 1.26 bits per heavy atom. The highest BCUT2D eigenvalue weighted by atomic mass is 16.5. The molecule has 3 unspecified atom stereocenters. The minimum atomic E-state index is 0.542. The fourth-order valence-electron chi connectivity index (χ4n) is 3.43. The Bertz CT molecular complexity index is 241. The number of nitrogens with zero attached hydrogens (tertiary/aromatic N) is 1. The summed E-state index contributed by atoms with van der Waals surface area (Å²) in [6.07, 6.45) is 8.24.